The molecule has 0 saturated carbocycles. The molecule has 1 aliphatic rings. The molecule has 0 spiro atoms. The van der Waals surface area contributed by atoms with Crippen LogP contribution in [-0.4, -0.2) is 50.1 Å². The number of rotatable bonds is 4. The van der Waals surface area contributed by atoms with Crippen LogP contribution in [0.15, 0.2) is 24.3 Å². The summed E-state index contributed by atoms with van der Waals surface area (Å²) in [6.45, 7) is 17.8. The Labute approximate surface area is 125 Å². The lowest BCUT2D eigenvalue weighted by Crippen LogP contribution is -2.48. The zero-order valence-corrected chi connectivity index (χ0v) is 14.8. The predicted octanol–water partition coefficient (Wildman–Crippen LogP) is 2.76. The van der Waals surface area contributed by atoms with Crippen LogP contribution in [0, 0.1) is 0 Å². The van der Waals surface area contributed by atoms with Gasteiger partial charge in [-0.2, -0.15) is 0 Å². The standard InChI is InChI=1S/C17H30N2Si/c1-15(2)19-12-10-18(11-13-19)14-16-6-8-17(9-7-16)20(3,4)5/h6-9,15H,10-14H2,1-5H3. The van der Waals surface area contributed by atoms with Crippen LogP contribution >= 0.6 is 0 Å². The van der Waals surface area contributed by atoms with E-state index in [0.29, 0.717) is 6.04 Å². The van der Waals surface area contributed by atoms with Crippen molar-refractivity contribution in [2.75, 3.05) is 26.2 Å². The fourth-order valence-electron chi connectivity index (χ4n) is 2.81. The zero-order valence-electron chi connectivity index (χ0n) is 13.8. The van der Waals surface area contributed by atoms with Gasteiger partial charge in [0.1, 0.15) is 0 Å². The van der Waals surface area contributed by atoms with Gasteiger partial charge in [-0.15, -0.1) is 0 Å². The van der Waals surface area contributed by atoms with Crippen LogP contribution in [-0.2, 0) is 6.54 Å². The van der Waals surface area contributed by atoms with Gasteiger partial charge in [0.2, 0.25) is 0 Å². The van der Waals surface area contributed by atoms with Crippen molar-refractivity contribution in [3.63, 3.8) is 0 Å². The number of nitrogens with zero attached hydrogens (tertiary/aromatic N) is 2. The van der Waals surface area contributed by atoms with Gasteiger partial charge >= 0.3 is 0 Å². The lowest BCUT2D eigenvalue weighted by Gasteiger charge is -2.37. The van der Waals surface area contributed by atoms with Crippen LogP contribution in [0.5, 0.6) is 0 Å². The van der Waals surface area contributed by atoms with Crippen molar-refractivity contribution in [1.82, 2.24) is 9.80 Å². The zero-order chi connectivity index (χ0) is 14.8. The van der Waals surface area contributed by atoms with E-state index in [-0.39, 0.29) is 0 Å². The third-order valence-electron chi connectivity index (χ3n) is 4.36. The van der Waals surface area contributed by atoms with Crippen molar-refractivity contribution in [3.05, 3.63) is 29.8 Å². The second-order valence-electron chi connectivity index (χ2n) is 7.35. The highest BCUT2D eigenvalue weighted by Gasteiger charge is 2.19. The van der Waals surface area contributed by atoms with Crippen molar-refractivity contribution in [1.29, 1.82) is 0 Å². The Morgan fingerprint density at radius 3 is 1.95 bits per heavy atom. The molecule has 0 atom stereocenters. The molecule has 0 amide bonds. The topological polar surface area (TPSA) is 6.48 Å². The van der Waals surface area contributed by atoms with Crippen LogP contribution < -0.4 is 5.19 Å². The van der Waals surface area contributed by atoms with Gasteiger partial charge in [0, 0.05) is 38.8 Å². The van der Waals surface area contributed by atoms with Gasteiger partial charge < -0.3 is 0 Å². The van der Waals surface area contributed by atoms with Crippen LogP contribution in [0.2, 0.25) is 19.6 Å². The number of hydrogen-bond acceptors (Lipinski definition) is 2. The molecule has 0 radical (unpaired) electrons. The molecular weight excluding hydrogens is 260 g/mol. The predicted molar refractivity (Wildman–Crippen MR) is 91.4 cm³/mol. The minimum atomic E-state index is -1.15. The Balaban J connectivity index is 1.89. The first-order chi connectivity index (χ1) is 9.36. The third kappa shape index (κ3) is 4.17. The molecule has 1 fully saturated rings. The minimum Gasteiger partial charge on any atom is -0.298 e. The summed E-state index contributed by atoms with van der Waals surface area (Å²) in [7, 11) is -1.15. The first kappa shape index (κ1) is 15.7. The Bertz CT molecular complexity index is 412. The van der Waals surface area contributed by atoms with Gasteiger partial charge in [-0.05, 0) is 19.4 Å². The molecule has 0 bridgehead atoms. The van der Waals surface area contributed by atoms with Crippen molar-refractivity contribution in [2.45, 2.75) is 46.1 Å². The number of piperazine rings is 1. The monoisotopic (exact) mass is 290 g/mol. The Morgan fingerprint density at radius 2 is 1.50 bits per heavy atom. The van der Waals surface area contributed by atoms with E-state index in [1.165, 1.54) is 31.7 Å². The quantitative estimate of drug-likeness (QED) is 0.787. The second kappa shape index (κ2) is 6.42. The largest absolute Gasteiger partial charge is 0.298 e. The minimum absolute atomic E-state index is 0.688. The summed E-state index contributed by atoms with van der Waals surface area (Å²) in [6.07, 6.45) is 0. The van der Waals surface area contributed by atoms with Crippen molar-refractivity contribution in [2.24, 2.45) is 0 Å². The highest BCUT2D eigenvalue weighted by molar-refractivity contribution is 6.88. The molecule has 2 nitrogen and oxygen atoms in total. The fraction of sp³-hybridized carbons (Fsp3) is 0.647. The molecule has 1 aliphatic heterocycles. The summed E-state index contributed by atoms with van der Waals surface area (Å²) in [4.78, 5) is 5.16. The molecule has 20 heavy (non-hydrogen) atoms. The first-order valence-electron chi connectivity index (χ1n) is 7.92. The van der Waals surface area contributed by atoms with Crippen LogP contribution in [0.1, 0.15) is 19.4 Å². The molecule has 1 saturated heterocycles. The van der Waals surface area contributed by atoms with Crippen molar-refractivity contribution < 1.29 is 0 Å². The lowest BCUT2D eigenvalue weighted by atomic mass is 10.2. The number of hydrogen-bond donors (Lipinski definition) is 0. The number of benzene rings is 1. The maximum atomic E-state index is 2.59. The van der Waals surface area contributed by atoms with E-state index in [0.717, 1.165) is 6.54 Å². The molecule has 0 N–H and O–H groups in total. The summed E-state index contributed by atoms with van der Waals surface area (Å²) < 4.78 is 0. The SMILES string of the molecule is CC(C)N1CCN(Cc2ccc([Si](C)(C)C)cc2)CC1. The fourth-order valence-corrected chi connectivity index (χ4v) is 3.97. The van der Waals surface area contributed by atoms with E-state index in [1.807, 2.05) is 0 Å². The third-order valence-corrected chi connectivity index (χ3v) is 6.43. The molecular formula is C17H30N2Si. The summed E-state index contributed by atoms with van der Waals surface area (Å²) in [5.74, 6) is 0. The maximum absolute atomic E-state index is 2.59. The Morgan fingerprint density at radius 1 is 0.950 bits per heavy atom. The van der Waals surface area contributed by atoms with E-state index < -0.39 is 8.07 Å². The normalized spacial score (nSPS) is 18.7. The summed E-state index contributed by atoms with van der Waals surface area (Å²) >= 11 is 0. The Hall–Kier alpha value is -0.643. The van der Waals surface area contributed by atoms with E-state index in [4.69, 9.17) is 0 Å². The Kier molecular flexibility index (Phi) is 5.05. The molecule has 112 valence electrons. The second-order valence-corrected chi connectivity index (χ2v) is 12.4. The van der Waals surface area contributed by atoms with Gasteiger partial charge in [-0.1, -0.05) is 49.1 Å². The molecule has 0 aliphatic carbocycles. The maximum Gasteiger partial charge on any atom is 0.0775 e. The molecule has 0 unspecified atom stereocenters. The average molecular weight is 291 g/mol. The lowest BCUT2D eigenvalue weighted by molar-refractivity contribution is 0.104. The van der Waals surface area contributed by atoms with Crippen LogP contribution in [0.3, 0.4) is 0 Å². The highest BCUT2D eigenvalue weighted by Crippen LogP contribution is 2.11. The summed E-state index contributed by atoms with van der Waals surface area (Å²) in [5, 5.41) is 1.56. The molecule has 0 aromatic heterocycles. The molecule has 1 aromatic carbocycles. The van der Waals surface area contributed by atoms with Crippen molar-refractivity contribution >= 4 is 13.3 Å². The molecule has 3 heteroatoms. The van der Waals surface area contributed by atoms with Gasteiger partial charge in [0.15, 0.2) is 0 Å². The van der Waals surface area contributed by atoms with E-state index in [1.54, 1.807) is 5.19 Å². The van der Waals surface area contributed by atoms with Gasteiger partial charge in [0.05, 0.1) is 8.07 Å². The summed E-state index contributed by atoms with van der Waals surface area (Å²) in [6, 6.07) is 10.1. The van der Waals surface area contributed by atoms with E-state index in [9.17, 15) is 0 Å². The molecule has 1 aromatic rings. The van der Waals surface area contributed by atoms with Crippen LogP contribution in [0.25, 0.3) is 0 Å². The van der Waals surface area contributed by atoms with E-state index >= 15 is 0 Å². The smallest absolute Gasteiger partial charge is 0.0775 e. The van der Waals surface area contributed by atoms with E-state index in [2.05, 4.69) is 67.6 Å². The summed E-state index contributed by atoms with van der Waals surface area (Å²) in [5.41, 5.74) is 1.46. The first-order valence-corrected chi connectivity index (χ1v) is 11.4. The van der Waals surface area contributed by atoms with Crippen LogP contribution in [0.4, 0.5) is 0 Å². The highest BCUT2D eigenvalue weighted by atomic mass is 28.3. The molecule has 2 rings (SSSR count). The van der Waals surface area contributed by atoms with Gasteiger partial charge in [-0.25, -0.2) is 0 Å². The average Bonchev–Trinajstić information content (AvgIpc) is 2.39. The van der Waals surface area contributed by atoms with Crippen molar-refractivity contribution in [3.8, 4) is 0 Å². The molecule has 1 heterocycles. The van der Waals surface area contributed by atoms with Gasteiger partial charge in [0.25, 0.3) is 0 Å². The van der Waals surface area contributed by atoms with Gasteiger partial charge in [-0.3, -0.25) is 9.80 Å².